The Hall–Kier alpha value is -2.96. The summed E-state index contributed by atoms with van der Waals surface area (Å²) < 4.78 is 5.53. The maximum atomic E-state index is 10.1. The molecule has 0 aliphatic carbocycles. The first-order valence-electron chi connectivity index (χ1n) is 10.3. The molecule has 0 bridgehead atoms. The fourth-order valence-corrected chi connectivity index (χ4v) is 3.28. The molecule has 0 atom stereocenters. The molecular formula is C22H31N5O2. The predicted octanol–water partition coefficient (Wildman–Crippen LogP) is 2.86. The van der Waals surface area contributed by atoms with Crippen molar-refractivity contribution in [2.75, 3.05) is 44.2 Å². The van der Waals surface area contributed by atoms with E-state index in [4.69, 9.17) is 9.73 Å². The molecule has 1 fully saturated rings. The molecular weight excluding hydrogens is 366 g/mol. The zero-order chi connectivity index (χ0) is 20.5. The number of nitrogens with zero attached hydrogens (tertiary/aromatic N) is 4. The van der Waals surface area contributed by atoms with Crippen molar-refractivity contribution < 1.29 is 9.84 Å². The Kier molecular flexibility index (Phi) is 7.55. The second kappa shape index (κ2) is 10.5. The van der Waals surface area contributed by atoms with Crippen molar-refractivity contribution in [2.45, 2.75) is 26.8 Å². The van der Waals surface area contributed by atoms with Crippen molar-refractivity contribution in [3.8, 4) is 11.6 Å². The largest absolute Gasteiger partial charge is 0.506 e. The van der Waals surface area contributed by atoms with Crippen LogP contribution >= 0.6 is 0 Å². The number of hydrogen-bond acceptors (Lipinski definition) is 5. The first kappa shape index (κ1) is 20.8. The molecule has 1 aliphatic rings. The number of pyridine rings is 1. The minimum Gasteiger partial charge on any atom is -0.506 e. The van der Waals surface area contributed by atoms with Gasteiger partial charge in [0, 0.05) is 45.0 Å². The monoisotopic (exact) mass is 397 g/mol. The van der Waals surface area contributed by atoms with Crippen LogP contribution in [0.15, 0.2) is 47.6 Å². The second-order valence-electron chi connectivity index (χ2n) is 6.99. The molecule has 0 amide bonds. The molecule has 0 radical (unpaired) electrons. The van der Waals surface area contributed by atoms with E-state index in [1.807, 2.05) is 36.5 Å². The molecule has 2 aromatic rings. The van der Waals surface area contributed by atoms with Crippen LogP contribution in [0, 0.1) is 0 Å². The molecule has 7 heteroatoms. The molecule has 7 nitrogen and oxygen atoms in total. The number of benzene rings is 1. The highest BCUT2D eigenvalue weighted by Gasteiger charge is 2.21. The van der Waals surface area contributed by atoms with Crippen LogP contribution in [-0.2, 0) is 6.54 Å². The molecule has 1 aliphatic heterocycles. The van der Waals surface area contributed by atoms with Crippen molar-refractivity contribution in [3.63, 3.8) is 0 Å². The second-order valence-corrected chi connectivity index (χ2v) is 6.99. The quantitative estimate of drug-likeness (QED) is 0.553. The van der Waals surface area contributed by atoms with E-state index in [1.54, 1.807) is 6.07 Å². The molecule has 1 aromatic heterocycles. The maximum absolute atomic E-state index is 10.1. The number of phenols is 1. The zero-order valence-corrected chi connectivity index (χ0v) is 17.3. The summed E-state index contributed by atoms with van der Waals surface area (Å²) in [4.78, 5) is 13.6. The van der Waals surface area contributed by atoms with Gasteiger partial charge in [0.05, 0.1) is 18.8 Å². The molecule has 3 rings (SSSR count). The summed E-state index contributed by atoms with van der Waals surface area (Å²) in [6.07, 6.45) is 2.80. The van der Waals surface area contributed by atoms with Gasteiger partial charge in [0.1, 0.15) is 5.75 Å². The number of piperazine rings is 1. The highest BCUT2D eigenvalue weighted by molar-refractivity contribution is 5.80. The minimum absolute atomic E-state index is 0.334. The predicted molar refractivity (Wildman–Crippen MR) is 117 cm³/mol. The molecule has 0 saturated carbocycles. The van der Waals surface area contributed by atoms with E-state index in [0.717, 1.165) is 56.4 Å². The van der Waals surface area contributed by atoms with Crippen molar-refractivity contribution >= 4 is 11.6 Å². The Labute approximate surface area is 173 Å². The van der Waals surface area contributed by atoms with E-state index in [9.17, 15) is 5.11 Å². The lowest BCUT2D eigenvalue weighted by molar-refractivity contribution is 0.305. The molecule has 1 saturated heterocycles. The standard InChI is InChI=1S/C22H31N5O2/c1-3-15-29-21-10-9-18(16-24-21)17-25-22(23-4-2)27-13-11-26(12-14-27)19-7-5-6-8-20(19)28/h5-10,16,28H,3-4,11-15,17H2,1-2H3,(H,23,25). The van der Waals surface area contributed by atoms with Crippen molar-refractivity contribution in [2.24, 2.45) is 4.99 Å². The summed E-state index contributed by atoms with van der Waals surface area (Å²) >= 11 is 0. The highest BCUT2D eigenvalue weighted by atomic mass is 16.5. The fraction of sp³-hybridized carbons (Fsp3) is 0.455. The van der Waals surface area contributed by atoms with Gasteiger partial charge in [-0.15, -0.1) is 0 Å². The number of aromatic nitrogens is 1. The third-order valence-corrected chi connectivity index (χ3v) is 4.80. The molecule has 29 heavy (non-hydrogen) atoms. The van der Waals surface area contributed by atoms with Gasteiger partial charge in [0.15, 0.2) is 5.96 Å². The van der Waals surface area contributed by atoms with Crippen molar-refractivity contribution in [1.29, 1.82) is 0 Å². The summed E-state index contributed by atoms with van der Waals surface area (Å²) in [7, 11) is 0. The Morgan fingerprint density at radius 3 is 2.59 bits per heavy atom. The number of aliphatic imine (C=N–C) groups is 1. The van der Waals surface area contributed by atoms with Crippen LogP contribution in [0.25, 0.3) is 0 Å². The van der Waals surface area contributed by atoms with Gasteiger partial charge in [0.25, 0.3) is 0 Å². The van der Waals surface area contributed by atoms with Gasteiger partial charge in [-0.3, -0.25) is 0 Å². The van der Waals surface area contributed by atoms with Gasteiger partial charge in [-0.2, -0.15) is 0 Å². The van der Waals surface area contributed by atoms with Gasteiger partial charge in [-0.25, -0.2) is 9.98 Å². The minimum atomic E-state index is 0.334. The van der Waals surface area contributed by atoms with Gasteiger partial charge in [-0.05, 0) is 31.0 Å². The number of phenolic OH excluding ortho intramolecular Hbond substituents is 1. The summed E-state index contributed by atoms with van der Waals surface area (Å²) in [5.74, 6) is 1.91. The van der Waals surface area contributed by atoms with Crippen LogP contribution in [0.2, 0.25) is 0 Å². The number of hydrogen-bond donors (Lipinski definition) is 2. The number of guanidine groups is 1. The Morgan fingerprint density at radius 2 is 1.93 bits per heavy atom. The molecule has 2 N–H and O–H groups in total. The summed E-state index contributed by atoms with van der Waals surface area (Å²) in [6.45, 7) is 9.61. The Bertz CT molecular complexity index is 786. The lowest BCUT2D eigenvalue weighted by Crippen LogP contribution is -2.52. The topological polar surface area (TPSA) is 73.2 Å². The number of anilines is 1. The molecule has 1 aromatic carbocycles. The Balaban J connectivity index is 1.59. The maximum Gasteiger partial charge on any atom is 0.213 e. The summed E-state index contributed by atoms with van der Waals surface area (Å²) in [6, 6.07) is 11.4. The van der Waals surface area contributed by atoms with E-state index in [2.05, 4.69) is 33.9 Å². The van der Waals surface area contributed by atoms with Gasteiger partial charge in [0.2, 0.25) is 5.88 Å². The van der Waals surface area contributed by atoms with Crippen LogP contribution in [-0.4, -0.2) is 60.3 Å². The van der Waals surface area contributed by atoms with Crippen LogP contribution in [0.4, 0.5) is 5.69 Å². The number of rotatable bonds is 7. The SMILES string of the molecule is CCCOc1ccc(CN=C(NCC)N2CCN(c3ccccc3O)CC2)cn1. The number of aromatic hydroxyl groups is 1. The zero-order valence-electron chi connectivity index (χ0n) is 17.3. The van der Waals surface area contributed by atoms with E-state index in [-0.39, 0.29) is 0 Å². The smallest absolute Gasteiger partial charge is 0.213 e. The van der Waals surface area contributed by atoms with Crippen molar-refractivity contribution in [3.05, 3.63) is 48.2 Å². The van der Waals surface area contributed by atoms with Crippen molar-refractivity contribution in [1.82, 2.24) is 15.2 Å². The van der Waals surface area contributed by atoms with Gasteiger partial charge < -0.3 is 25.0 Å². The first-order chi connectivity index (χ1) is 14.2. The first-order valence-corrected chi connectivity index (χ1v) is 10.3. The van der Waals surface area contributed by atoms with E-state index < -0.39 is 0 Å². The summed E-state index contributed by atoms with van der Waals surface area (Å²) in [5.41, 5.74) is 1.95. The third kappa shape index (κ3) is 5.76. The lowest BCUT2D eigenvalue weighted by Gasteiger charge is -2.37. The highest BCUT2D eigenvalue weighted by Crippen LogP contribution is 2.27. The average molecular weight is 398 g/mol. The number of para-hydroxylation sites is 2. The Morgan fingerprint density at radius 1 is 1.14 bits per heavy atom. The van der Waals surface area contributed by atoms with E-state index in [1.165, 1.54) is 0 Å². The van der Waals surface area contributed by atoms with Crippen LogP contribution in [0.1, 0.15) is 25.8 Å². The van der Waals surface area contributed by atoms with E-state index in [0.29, 0.717) is 24.8 Å². The number of ether oxygens (including phenoxy) is 1. The lowest BCUT2D eigenvalue weighted by atomic mass is 10.2. The van der Waals surface area contributed by atoms with Crippen LogP contribution < -0.4 is 15.0 Å². The summed E-state index contributed by atoms with van der Waals surface area (Å²) in [5, 5.41) is 13.5. The van der Waals surface area contributed by atoms with Crippen LogP contribution in [0.5, 0.6) is 11.6 Å². The normalized spacial score (nSPS) is 14.8. The number of nitrogens with one attached hydrogen (secondary N) is 1. The molecule has 0 spiro atoms. The average Bonchev–Trinajstić information content (AvgIpc) is 2.76. The van der Waals surface area contributed by atoms with Crippen LogP contribution in [0.3, 0.4) is 0 Å². The van der Waals surface area contributed by atoms with Gasteiger partial charge >= 0.3 is 0 Å². The molecule has 0 unspecified atom stereocenters. The fourth-order valence-electron chi connectivity index (χ4n) is 3.28. The molecule has 156 valence electrons. The van der Waals surface area contributed by atoms with E-state index >= 15 is 0 Å². The molecule has 2 heterocycles. The third-order valence-electron chi connectivity index (χ3n) is 4.80. The van der Waals surface area contributed by atoms with Gasteiger partial charge in [-0.1, -0.05) is 25.1 Å².